The summed E-state index contributed by atoms with van der Waals surface area (Å²) in [4.78, 5) is 12.8. The topological polar surface area (TPSA) is 44.2 Å². The molecular formula is C10H16BN2O. The van der Waals surface area contributed by atoms with Gasteiger partial charge in [-0.05, 0) is 26.7 Å². The van der Waals surface area contributed by atoms with Gasteiger partial charge in [0, 0.05) is 29.6 Å². The van der Waals surface area contributed by atoms with Gasteiger partial charge < -0.3 is 15.0 Å². The minimum Gasteiger partial charge on any atom is -0.329 e. The van der Waals surface area contributed by atoms with Gasteiger partial charge in [-0.15, -0.1) is 0 Å². The summed E-state index contributed by atoms with van der Waals surface area (Å²) in [6.07, 6.45) is 4.68. The van der Waals surface area contributed by atoms with E-state index in [9.17, 15) is 4.79 Å². The highest BCUT2D eigenvalue weighted by atomic mass is 16.1. The fourth-order valence-electron chi connectivity index (χ4n) is 3.18. The SMILES string of the molecule is C[C@]12CC[C@](C)(CC(=N)C1)N2[B]C=O. The molecule has 0 spiro atoms. The first kappa shape index (κ1) is 9.90. The van der Waals surface area contributed by atoms with Gasteiger partial charge in [0.2, 0.25) is 0 Å². The van der Waals surface area contributed by atoms with E-state index in [-0.39, 0.29) is 11.1 Å². The van der Waals surface area contributed by atoms with Crippen molar-refractivity contribution in [1.82, 2.24) is 4.81 Å². The Kier molecular flexibility index (Phi) is 2.07. The molecule has 14 heavy (non-hydrogen) atoms. The molecule has 0 amide bonds. The van der Waals surface area contributed by atoms with Gasteiger partial charge in [-0.25, -0.2) is 0 Å². The molecule has 2 aliphatic heterocycles. The average Bonchev–Trinajstić information content (AvgIpc) is 2.26. The predicted molar refractivity (Wildman–Crippen MR) is 57.3 cm³/mol. The second-order valence-electron chi connectivity index (χ2n) is 5.11. The van der Waals surface area contributed by atoms with E-state index in [0.717, 1.165) is 37.6 Å². The van der Waals surface area contributed by atoms with Crippen LogP contribution in [-0.4, -0.2) is 35.2 Å². The highest BCUT2D eigenvalue weighted by Gasteiger charge is 2.53. The van der Waals surface area contributed by atoms with E-state index < -0.39 is 0 Å². The standard InChI is InChI=1S/C10H16BN2O/c1-9-3-4-10(2,6-8(12)5-9)13(9)11-7-14/h7,12H,3-6H2,1-2H3/t9-,10+. The first-order valence-corrected chi connectivity index (χ1v) is 5.15. The van der Waals surface area contributed by atoms with Gasteiger partial charge in [0.15, 0.2) is 0 Å². The van der Waals surface area contributed by atoms with Crippen LogP contribution in [0.25, 0.3) is 0 Å². The van der Waals surface area contributed by atoms with Crippen LogP contribution < -0.4 is 0 Å². The summed E-state index contributed by atoms with van der Waals surface area (Å²) in [6.45, 7) is 4.32. The number of piperidine rings is 1. The summed E-state index contributed by atoms with van der Waals surface area (Å²) in [5.41, 5.74) is 0.874. The maximum absolute atomic E-state index is 10.6. The van der Waals surface area contributed by atoms with Gasteiger partial charge in [0.1, 0.15) is 0 Å². The lowest BCUT2D eigenvalue weighted by Crippen LogP contribution is -2.58. The molecule has 0 aliphatic carbocycles. The van der Waals surface area contributed by atoms with E-state index in [1.165, 1.54) is 0 Å². The minimum atomic E-state index is 0.0188. The van der Waals surface area contributed by atoms with Crippen molar-refractivity contribution < 1.29 is 4.79 Å². The molecule has 2 aliphatic rings. The van der Waals surface area contributed by atoms with Crippen LogP contribution in [-0.2, 0) is 4.79 Å². The van der Waals surface area contributed by atoms with Crippen LogP contribution in [0.15, 0.2) is 0 Å². The van der Waals surface area contributed by atoms with Crippen LogP contribution in [0.1, 0.15) is 39.5 Å². The molecule has 1 N–H and O–H groups in total. The first-order valence-electron chi connectivity index (χ1n) is 5.15. The maximum atomic E-state index is 10.6. The van der Waals surface area contributed by atoms with Crippen LogP contribution in [0.3, 0.4) is 0 Å². The van der Waals surface area contributed by atoms with Crippen LogP contribution in [0.5, 0.6) is 0 Å². The Bertz CT molecular complexity index is 272. The number of rotatable bonds is 2. The summed E-state index contributed by atoms with van der Waals surface area (Å²) < 4.78 is 0. The second kappa shape index (κ2) is 2.93. The zero-order valence-corrected chi connectivity index (χ0v) is 8.84. The third kappa shape index (κ3) is 1.24. The number of nitrogens with zero attached hydrogens (tertiary/aromatic N) is 1. The van der Waals surface area contributed by atoms with Crippen LogP contribution in [0, 0.1) is 5.41 Å². The van der Waals surface area contributed by atoms with Gasteiger partial charge in [-0.3, -0.25) is 0 Å². The minimum absolute atomic E-state index is 0.0188. The molecule has 0 aromatic carbocycles. The van der Waals surface area contributed by atoms with Crippen molar-refractivity contribution in [1.29, 1.82) is 5.41 Å². The summed E-state index contributed by atoms with van der Waals surface area (Å²) in [5, 5.41) is 7.83. The number of hydrogen-bond acceptors (Lipinski definition) is 3. The molecule has 4 heteroatoms. The molecule has 2 rings (SSSR count). The molecule has 75 valence electrons. The highest BCUT2D eigenvalue weighted by molar-refractivity contribution is 6.64. The highest BCUT2D eigenvalue weighted by Crippen LogP contribution is 2.48. The quantitative estimate of drug-likeness (QED) is 0.526. The van der Waals surface area contributed by atoms with Gasteiger partial charge in [0.25, 0.3) is 7.41 Å². The Balaban J connectivity index is 2.32. The number of fused-ring (bicyclic) bond motifs is 2. The molecular weight excluding hydrogens is 175 g/mol. The monoisotopic (exact) mass is 191 g/mol. The molecule has 0 aromatic heterocycles. The molecule has 2 fully saturated rings. The molecule has 3 nitrogen and oxygen atoms in total. The van der Waals surface area contributed by atoms with Crippen molar-refractivity contribution in [3.8, 4) is 0 Å². The van der Waals surface area contributed by atoms with E-state index in [0.29, 0.717) is 0 Å². The third-order valence-corrected chi connectivity index (χ3v) is 3.76. The third-order valence-electron chi connectivity index (χ3n) is 3.76. The second-order valence-corrected chi connectivity index (χ2v) is 5.11. The molecule has 2 heterocycles. The van der Waals surface area contributed by atoms with E-state index in [2.05, 4.69) is 18.7 Å². The van der Waals surface area contributed by atoms with E-state index in [4.69, 9.17) is 5.41 Å². The summed E-state index contributed by atoms with van der Waals surface area (Å²) in [6, 6.07) is 0. The number of carbonyl (C=O) groups excluding carboxylic acids is 1. The Hall–Kier alpha value is -0.635. The molecule has 0 saturated carbocycles. The smallest absolute Gasteiger partial charge is 0.294 e. The molecule has 2 bridgehead atoms. The molecule has 0 aromatic rings. The fourth-order valence-corrected chi connectivity index (χ4v) is 3.18. The van der Waals surface area contributed by atoms with Gasteiger partial charge in [0.05, 0.1) is 6.19 Å². The van der Waals surface area contributed by atoms with Crippen LogP contribution in [0.2, 0.25) is 0 Å². The number of nitrogens with one attached hydrogen (secondary N) is 1. The Morgan fingerprint density at radius 3 is 2.29 bits per heavy atom. The number of hydrogen-bond donors (Lipinski definition) is 1. The zero-order chi connectivity index (χ0) is 10.4. The zero-order valence-electron chi connectivity index (χ0n) is 8.84. The van der Waals surface area contributed by atoms with Gasteiger partial charge >= 0.3 is 0 Å². The van der Waals surface area contributed by atoms with Crippen LogP contribution in [0.4, 0.5) is 0 Å². The molecule has 2 atom stereocenters. The average molecular weight is 191 g/mol. The summed E-state index contributed by atoms with van der Waals surface area (Å²) in [5.74, 6) is 0. The Labute approximate surface area is 85.6 Å². The lowest BCUT2D eigenvalue weighted by molar-refractivity contribution is 0.153. The maximum Gasteiger partial charge on any atom is 0.294 e. The van der Waals surface area contributed by atoms with Crippen molar-refractivity contribution in [2.24, 2.45) is 0 Å². The van der Waals surface area contributed by atoms with Crippen molar-refractivity contribution in [3.05, 3.63) is 0 Å². The van der Waals surface area contributed by atoms with E-state index in [1.54, 1.807) is 7.41 Å². The van der Waals surface area contributed by atoms with Gasteiger partial charge in [-0.2, -0.15) is 0 Å². The molecule has 1 radical (unpaired) electrons. The van der Waals surface area contributed by atoms with Crippen molar-refractivity contribution >= 4 is 19.3 Å². The Morgan fingerprint density at radius 2 is 1.86 bits per heavy atom. The molecule has 2 saturated heterocycles. The van der Waals surface area contributed by atoms with Crippen molar-refractivity contribution in [2.45, 2.75) is 50.6 Å². The lowest BCUT2D eigenvalue weighted by Gasteiger charge is -2.48. The largest absolute Gasteiger partial charge is 0.329 e. The summed E-state index contributed by atoms with van der Waals surface area (Å²) >= 11 is 0. The first-order chi connectivity index (χ1) is 6.50. The normalized spacial score (nSPS) is 42.6. The van der Waals surface area contributed by atoms with E-state index in [1.807, 2.05) is 0 Å². The fraction of sp³-hybridized carbons (Fsp3) is 0.800. The molecule has 0 unspecified atom stereocenters. The van der Waals surface area contributed by atoms with Crippen molar-refractivity contribution in [3.63, 3.8) is 0 Å². The summed E-state index contributed by atoms with van der Waals surface area (Å²) in [7, 11) is 1.67. The lowest BCUT2D eigenvalue weighted by atomic mass is 9.75. The van der Waals surface area contributed by atoms with E-state index >= 15 is 0 Å². The van der Waals surface area contributed by atoms with Crippen LogP contribution >= 0.6 is 0 Å². The van der Waals surface area contributed by atoms with Gasteiger partial charge in [-0.1, -0.05) is 0 Å². The Morgan fingerprint density at radius 1 is 1.36 bits per heavy atom. The van der Waals surface area contributed by atoms with Crippen molar-refractivity contribution in [2.75, 3.05) is 0 Å². The number of carbonyl (C=O) groups is 1. The predicted octanol–water partition coefficient (Wildman–Crippen LogP) is 1.22.